The van der Waals surface area contributed by atoms with Crippen LogP contribution in [0.1, 0.15) is 142 Å². The number of ether oxygens (including phenoxy) is 2. The zero-order valence-corrected chi connectivity index (χ0v) is 30.4. The van der Waals surface area contributed by atoms with Gasteiger partial charge in [-0.2, -0.15) is 0 Å². The zero-order valence-electron chi connectivity index (χ0n) is 29.5. The van der Waals surface area contributed by atoms with E-state index < -0.39 is 32.5 Å². The molecule has 0 saturated carbocycles. The maximum atomic E-state index is 12.5. The molecule has 0 bridgehead atoms. The summed E-state index contributed by atoms with van der Waals surface area (Å²) in [5, 5.41) is 0. The second kappa shape index (κ2) is 33.9. The Morgan fingerprint density at radius 3 is 1.74 bits per heavy atom. The summed E-state index contributed by atoms with van der Waals surface area (Å²) in [5.41, 5.74) is 5.32. The van der Waals surface area contributed by atoms with Gasteiger partial charge in [-0.3, -0.25) is 18.6 Å². The Hall–Kier alpha value is -2.03. The zero-order chi connectivity index (χ0) is 34.7. The predicted octanol–water partition coefficient (Wildman–Crippen LogP) is 9.60. The third-order valence-corrected chi connectivity index (χ3v) is 8.31. The fourth-order valence-corrected chi connectivity index (χ4v) is 5.41. The van der Waals surface area contributed by atoms with Crippen LogP contribution in [0.4, 0.5) is 0 Å². The number of esters is 2. The van der Waals surface area contributed by atoms with E-state index in [9.17, 15) is 19.0 Å². The minimum Gasteiger partial charge on any atom is -0.462 e. The number of phosphoric ester groups is 1. The van der Waals surface area contributed by atoms with E-state index in [0.29, 0.717) is 6.42 Å². The van der Waals surface area contributed by atoms with Crippen molar-refractivity contribution in [2.45, 2.75) is 148 Å². The van der Waals surface area contributed by atoms with E-state index in [4.69, 9.17) is 24.3 Å². The summed E-state index contributed by atoms with van der Waals surface area (Å²) in [6.07, 6.45) is 35.7. The summed E-state index contributed by atoms with van der Waals surface area (Å²) in [4.78, 5) is 34.6. The fourth-order valence-electron chi connectivity index (χ4n) is 4.64. The van der Waals surface area contributed by atoms with Gasteiger partial charge in [-0.05, 0) is 32.1 Å². The smallest absolute Gasteiger partial charge is 0.462 e. The minimum absolute atomic E-state index is 0.0455. The van der Waals surface area contributed by atoms with E-state index in [1.807, 2.05) is 36.5 Å². The SMILES string of the molecule is CC/C=C/C=C/C=C/C=C/CCCCCC(=O)OC(COC(=O)CCCCCCCCCCCCCCC)COP(=O)(O)OCCN. The lowest BCUT2D eigenvalue weighted by Crippen LogP contribution is -2.29. The van der Waals surface area contributed by atoms with Crippen molar-refractivity contribution in [3.63, 3.8) is 0 Å². The first kappa shape index (κ1) is 45.0. The molecule has 0 spiro atoms. The van der Waals surface area contributed by atoms with E-state index in [1.54, 1.807) is 0 Å². The number of carbonyl (C=O) groups excluding carboxylic acids is 2. The van der Waals surface area contributed by atoms with E-state index in [0.717, 1.165) is 44.9 Å². The van der Waals surface area contributed by atoms with Gasteiger partial charge < -0.3 is 20.1 Å². The third kappa shape index (κ3) is 33.7. The second-order valence-corrected chi connectivity index (χ2v) is 13.3. The minimum atomic E-state index is -4.38. The van der Waals surface area contributed by atoms with Gasteiger partial charge >= 0.3 is 19.8 Å². The van der Waals surface area contributed by atoms with Crippen molar-refractivity contribution in [2.24, 2.45) is 5.73 Å². The van der Waals surface area contributed by atoms with Crippen LogP contribution in [0.3, 0.4) is 0 Å². The molecule has 0 aromatic carbocycles. The topological polar surface area (TPSA) is 134 Å². The molecule has 0 radical (unpaired) electrons. The highest BCUT2D eigenvalue weighted by molar-refractivity contribution is 7.47. The average Bonchev–Trinajstić information content (AvgIpc) is 3.05. The van der Waals surface area contributed by atoms with Crippen LogP contribution in [0, 0.1) is 0 Å². The van der Waals surface area contributed by atoms with Crippen molar-refractivity contribution in [3.05, 3.63) is 48.6 Å². The van der Waals surface area contributed by atoms with Crippen LogP contribution in [0.5, 0.6) is 0 Å². The average molecular weight is 684 g/mol. The van der Waals surface area contributed by atoms with Gasteiger partial charge in [-0.15, -0.1) is 0 Å². The third-order valence-electron chi connectivity index (χ3n) is 7.32. The van der Waals surface area contributed by atoms with Crippen LogP contribution in [0.25, 0.3) is 0 Å². The summed E-state index contributed by atoms with van der Waals surface area (Å²) in [6, 6.07) is 0. The summed E-state index contributed by atoms with van der Waals surface area (Å²) in [5.74, 6) is -0.878. The summed E-state index contributed by atoms with van der Waals surface area (Å²) in [6.45, 7) is 3.52. The van der Waals surface area contributed by atoms with Crippen molar-refractivity contribution in [3.8, 4) is 0 Å². The molecule has 0 fully saturated rings. The van der Waals surface area contributed by atoms with Gasteiger partial charge in [0.1, 0.15) is 6.61 Å². The molecule has 9 nitrogen and oxygen atoms in total. The predicted molar refractivity (Wildman–Crippen MR) is 192 cm³/mol. The summed E-state index contributed by atoms with van der Waals surface area (Å²) < 4.78 is 32.5. The van der Waals surface area contributed by atoms with Crippen LogP contribution in [0.15, 0.2) is 48.6 Å². The van der Waals surface area contributed by atoms with Crippen molar-refractivity contribution in [2.75, 3.05) is 26.4 Å². The highest BCUT2D eigenvalue weighted by Gasteiger charge is 2.25. The molecule has 0 amide bonds. The van der Waals surface area contributed by atoms with Crippen LogP contribution < -0.4 is 5.73 Å². The molecule has 0 aliphatic heterocycles. The Balaban J connectivity index is 4.32. The van der Waals surface area contributed by atoms with Crippen LogP contribution in [-0.4, -0.2) is 49.3 Å². The number of hydrogen-bond donors (Lipinski definition) is 2. The first-order valence-electron chi connectivity index (χ1n) is 18.2. The lowest BCUT2D eigenvalue weighted by molar-refractivity contribution is -0.161. The lowest BCUT2D eigenvalue weighted by Gasteiger charge is -2.19. The first-order chi connectivity index (χ1) is 22.8. The van der Waals surface area contributed by atoms with Crippen LogP contribution in [-0.2, 0) is 32.7 Å². The number of phosphoric acid groups is 1. The monoisotopic (exact) mass is 683 g/mol. The molecular weight excluding hydrogens is 617 g/mol. The molecule has 0 rings (SSSR count). The molecule has 0 heterocycles. The van der Waals surface area contributed by atoms with E-state index in [-0.39, 0.29) is 32.6 Å². The van der Waals surface area contributed by atoms with Gasteiger partial charge in [0.25, 0.3) is 0 Å². The highest BCUT2D eigenvalue weighted by Crippen LogP contribution is 2.43. The molecule has 3 N–H and O–H groups in total. The molecular formula is C37H66NO8P. The second-order valence-electron chi connectivity index (χ2n) is 11.8. The van der Waals surface area contributed by atoms with E-state index in [1.165, 1.54) is 64.2 Å². The normalized spacial score (nSPS) is 14.0. The number of carbonyl (C=O) groups is 2. The lowest BCUT2D eigenvalue weighted by atomic mass is 10.0. The molecule has 10 heteroatoms. The molecule has 47 heavy (non-hydrogen) atoms. The van der Waals surface area contributed by atoms with E-state index >= 15 is 0 Å². The molecule has 2 unspecified atom stereocenters. The van der Waals surface area contributed by atoms with Crippen molar-refractivity contribution in [1.29, 1.82) is 0 Å². The number of unbranched alkanes of at least 4 members (excludes halogenated alkanes) is 15. The maximum absolute atomic E-state index is 12.5. The largest absolute Gasteiger partial charge is 0.472 e. The first-order valence-corrected chi connectivity index (χ1v) is 19.7. The Kier molecular flexibility index (Phi) is 32.4. The molecule has 272 valence electrons. The Bertz CT molecular complexity index is 918. The van der Waals surface area contributed by atoms with Crippen molar-refractivity contribution < 1.29 is 37.6 Å². The van der Waals surface area contributed by atoms with Crippen molar-refractivity contribution >= 4 is 19.8 Å². The van der Waals surface area contributed by atoms with Gasteiger partial charge in [0, 0.05) is 19.4 Å². The Labute approximate surface area is 286 Å². The number of nitrogens with two attached hydrogens (primary N) is 1. The highest BCUT2D eigenvalue weighted by atomic mass is 31.2. The van der Waals surface area contributed by atoms with Crippen LogP contribution >= 0.6 is 7.82 Å². The molecule has 0 aliphatic carbocycles. The number of rotatable bonds is 33. The Morgan fingerprint density at radius 2 is 1.17 bits per heavy atom. The Morgan fingerprint density at radius 1 is 0.660 bits per heavy atom. The number of allylic oxidation sites excluding steroid dienone is 8. The molecule has 0 aromatic rings. The maximum Gasteiger partial charge on any atom is 0.472 e. The van der Waals surface area contributed by atoms with Gasteiger partial charge in [0.05, 0.1) is 13.2 Å². The van der Waals surface area contributed by atoms with Gasteiger partial charge in [0.2, 0.25) is 0 Å². The molecule has 0 aromatic heterocycles. The van der Waals surface area contributed by atoms with E-state index in [2.05, 4.69) is 26.0 Å². The number of hydrogen-bond acceptors (Lipinski definition) is 8. The van der Waals surface area contributed by atoms with Gasteiger partial charge in [-0.25, -0.2) is 4.57 Å². The van der Waals surface area contributed by atoms with Crippen LogP contribution in [0.2, 0.25) is 0 Å². The summed E-state index contributed by atoms with van der Waals surface area (Å²) in [7, 11) is -4.38. The van der Waals surface area contributed by atoms with Crippen molar-refractivity contribution in [1.82, 2.24) is 0 Å². The van der Waals surface area contributed by atoms with Gasteiger partial charge in [-0.1, -0.05) is 146 Å². The molecule has 0 aliphatic rings. The quantitative estimate of drug-likeness (QED) is 0.0300. The molecule has 2 atom stereocenters. The molecule has 0 saturated heterocycles. The fraction of sp³-hybridized carbons (Fsp3) is 0.730. The standard InChI is InChI=1S/C37H66NO8P/c1-3-5-7-9-11-13-15-17-19-21-23-25-27-29-36(39)43-33-35(34-45-47(41,42)44-32-31-38)46-37(40)30-28-26-24-22-20-18-16-14-12-10-8-6-4-2/h6,8,10,12,14,16,18,20,35H,3-5,7,9,11,13,15,17,19,21-34,38H2,1-2H3,(H,41,42)/b8-6+,12-10+,16-14+,20-18+. The van der Waals surface area contributed by atoms with Gasteiger partial charge in [0.15, 0.2) is 6.10 Å². The summed E-state index contributed by atoms with van der Waals surface area (Å²) >= 11 is 0.